The van der Waals surface area contributed by atoms with Gasteiger partial charge < -0.3 is 19.7 Å². The standard InChI is InChI=1S/C22H21N5O2/c1-26(2)18-6-4-3-5-16(18)17-13-25-27-21(9-10-23-22(17)27)24-12-15-7-8-19-20(11-15)29-14-28-19/h3-11,13,24H,12,14H2,1-2H3. The molecule has 2 aromatic heterocycles. The summed E-state index contributed by atoms with van der Waals surface area (Å²) < 4.78 is 12.7. The molecular weight excluding hydrogens is 366 g/mol. The van der Waals surface area contributed by atoms with Crippen LogP contribution in [-0.2, 0) is 6.54 Å². The van der Waals surface area contributed by atoms with E-state index in [0.29, 0.717) is 6.54 Å². The molecule has 0 radical (unpaired) electrons. The summed E-state index contributed by atoms with van der Waals surface area (Å²) in [7, 11) is 4.08. The Bertz CT molecular complexity index is 1190. The number of nitrogens with zero attached hydrogens (tertiary/aromatic N) is 4. The van der Waals surface area contributed by atoms with Gasteiger partial charge in [-0.3, -0.25) is 0 Å². The maximum atomic E-state index is 5.46. The van der Waals surface area contributed by atoms with Crippen LogP contribution in [0.2, 0.25) is 0 Å². The van der Waals surface area contributed by atoms with E-state index in [-0.39, 0.29) is 6.79 Å². The van der Waals surface area contributed by atoms with E-state index in [2.05, 4.69) is 32.4 Å². The average Bonchev–Trinajstić information content (AvgIpc) is 3.39. The molecule has 0 unspecified atom stereocenters. The van der Waals surface area contributed by atoms with Gasteiger partial charge in [-0.1, -0.05) is 24.3 Å². The summed E-state index contributed by atoms with van der Waals surface area (Å²) in [5.74, 6) is 2.45. The molecule has 0 atom stereocenters. The van der Waals surface area contributed by atoms with Gasteiger partial charge in [-0.05, 0) is 29.8 Å². The number of hydrogen-bond donors (Lipinski definition) is 1. The summed E-state index contributed by atoms with van der Waals surface area (Å²) >= 11 is 0. The Balaban J connectivity index is 1.46. The van der Waals surface area contributed by atoms with Crippen molar-refractivity contribution in [3.05, 3.63) is 66.5 Å². The molecule has 2 aromatic carbocycles. The molecular formula is C22H21N5O2. The van der Waals surface area contributed by atoms with Crippen LogP contribution in [-0.4, -0.2) is 35.5 Å². The van der Waals surface area contributed by atoms with E-state index in [4.69, 9.17) is 9.47 Å². The number of anilines is 2. The molecule has 1 N–H and O–H groups in total. The van der Waals surface area contributed by atoms with Crippen molar-refractivity contribution >= 4 is 17.2 Å². The second-order valence-electron chi connectivity index (χ2n) is 7.08. The molecule has 1 aliphatic rings. The monoisotopic (exact) mass is 387 g/mol. The fourth-order valence-electron chi connectivity index (χ4n) is 3.55. The number of nitrogens with one attached hydrogen (secondary N) is 1. The van der Waals surface area contributed by atoms with Gasteiger partial charge in [0.25, 0.3) is 0 Å². The number of fused-ring (bicyclic) bond motifs is 2. The first-order valence-electron chi connectivity index (χ1n) is 9.42. The van der Waals surface area contributed by atoms with Crippen molar-refractivity contribution in [2.24, 2.45) is 0 Å². The summed E-state index contributed by atoms with van der Waals surface area (Å²) in [6, 6.07) is 16.2. The van der Waals surface area contributed by atoms with Crippen LogP contribution in [0.25, 0.3) is 16.8 Å². The van der Waals surface area contributed by atoms with E-state index in [1.165, 1.54) is 0 Å². The average molecular weight is 387 g/mol. The van der Waals surface area contributed by atoms with Crippen LogP contribution in [0.4, 0.5) is 11.5 Å². The van der Waals surface area contributed by atoms with Crippen molar-refractivity contribution in [2.75, 3.05) is 31.1 Å². The Kier molecular flexibility index (Phi) is 4.20. The molecule has 7 heteroatoms. The highest BCUT2D eigenvalue weighted by Crippen LogP contribution is 2.34. The molecule has 0 amide bonds. The number of hydrogen-bond acceptors (Lipinski definition) is 6. The van der Waals surface area contributed by atoms with Crippen LogP contribution in [0.15, 0.2) is 60.9 Å². The van der Waals surface area contributed by atoms with E-state index < -0.39 is 0 Å². The summed E-state index contributed by atoms with van der Waals surface area (Å²) in [4.78, 5) is 6.68. The molecule has 146 valence electrons. The maximum absolute atomic E-state index is 5.46. The third-order valence-electron chi connectivity index (χ3n) is 4.99. The van der Waals surface area contributed by atoms with Gasteiger partial charge in [0.05, 0.1) is 6.20 Å². The molecule has 29 heavy (non-hydrogen) atoms. The normalized spacial score (nSPS) is 12.3. The second kappa shape index (κ2) is 7.01. The lowest BCUT2D eigenvalue weighted by atomic mass is 10.1. The Morgan fingerprint density at radius 3 is 2.79 bits per heavy atom. The van der Waals surface area contributed by atoms with E-state index >= 15 is 0 Å². The topological polar surface area (TPSA) is 63.9 Å². The molecule has 0 fully saturated rings. The highest BCUT2D eigenvalue weighted by molar-refractivity contribution is 5.86. The van der Waals surface area contributed by atoms with Gasteiger partial charge in [0, 0.05) is 43.7 Å². The number of ether oxygens (including phenoxy) is 2. The smallest absolute Gasteiger partial charge is 0.231 e. The van der Waals surface area contributed by atoms with Crippen molar-refractivity contribution in [1.29, 1.82) is 0 Å². The summed E-state index contributed by atoms with van der Waals surface area (Å²) in [5.41, 5.74) is 5.15. The fraction of sp³-hybridized carbons (Fsp3) is 0.182. The van der Waals surface area contributed by atoms with E-state index in [1.54, 1.807) is 6.20 Å². The summed E-state index contributed by atoms with van der Waals surface area (Å²) in [6.07, 6.45) is 3.68. The predicted molar refractivity (Wildman–Crippen MR) is 113 cm³/mol. The lowest BCUT2D eigenvalue weighted by Gasteiger charge is -2.16. The molecule has 0 saturated carbocycles. The molecule has 0 bridgehead atoms. The van der Waals surface area contributed by atoms with Crippen LogP contribution in [0, 0.1) is 0 Å². The molecule has 4 aromatic rings. The molecule has 0 spiro atoms. The SMILES string of the molecule is CN(C)c1ccccc1-c1cnn2c(NCc3ccc4c(c3)OCO4)ccnc12. The first kappa shape index (κ1) is 17.4. The minimum atomic E-state index is 0.279. The minimum absolute atomic E-state index is 0.279. The minimum Gasteiger partial charge on any atom is -0.454 e. The fourth-order valence-corrected chi connectivity index (χ4v) is 3.55. The lowest BCUT2D eigenvalue weighted by molar-refractivity contribution is 0.174. The summed E-state index contributed by atoms with van der Waals surface area (Å²) in [6.45, 7) is 0.918. The van der Waals surface area contributed by atoms with Crippen LogP contribution >= 0.6 is 0 Å². The zero-order valence-electron chi connectivity index (χ0n) is 16.3. The zero-order chi connectivity index (χ0) is 19.8. The van der Waals surface area contributed by atoms with Gasteiger partial charge in [0.2, 0.25) is 6.79 Å². The number of benzene rings is 2. The van der Waals surface area contributed by atoms with Gasteiger partial charge in [0.15, 0.2) is 17.1 Å². The van der Waals surface area contributed by atoms with Gasteiger partial charge >= 0.3 is 0 Å². The zero-order valence-corrected chi connectivity index (χ0v) is 16.3. The highest BCUT2D eigenvalue weighted by atomic mass is 16.7. The van der Waals surface area contributed by atoms with Crippen molar-refractivity contribution in [1.82, 2.24) is 14.6 Å². The highest BCUT2D eigenvalue weighted by Gasteiger charge is 2.15. The van der Waals surface area contributed by atoms with Crippen LogP contribution in [0.3, 0.4) is 0 Å². The van der Waals surface area contributed by atoms with Crippen LogP contribution in [0.1, 0.15) is 5.56 Å². The number of aromatic nitrogens is 3. The molecule has 7 nitrogen and oxygen atoms in total. The Morgan fingerprint density at radius 1 is 1.03 bits per heavy atom. The van der Waals surface area contributed by atoms with Crippen molar-refractivity contribution < 1.29 is 9.47 Å². The molecule has 0 saturated heterocycles. The largest absolute Gasteiger partial charge is 0.454 e. The molecule has 3 heterocycles. The number of para-hydroxylation sites is 1. The van der Waals surface area contributed by atoms with Gasteiger partial charge in [-0.2, -0.15) is 9.61 Å². The van der Waals surface area contributed by atoms with Crippen molar-refractivity contribution in [3.8, 4) is 22.6 Å². The maximum Gasteiger partial charge on any atom is 0.231 e. The Labute approximate surface area is 168 Å². The Morgan fingerprint density at radius 2 is 1.90 bits per heavy atom. The third kappa shape index (κ3) is 3.10. The first-order chi connectivity index (χ1) is 14.2. The van der Waals surface area contributed by atoms with E-state index in [1.807, 2.05) is 61.2 Å². The van der Waals surface area contributed by atoms with Crippen LogP contribution in [0.5, 0.6) is 11.5 Å². The first-order valence-corrected chi connectivity index (χ1v) is 9.42. The Hall–Kier alpha value is -3.74. The van der Waals surface area contributed by atoms with Gasteiger partial charge in [-0.25, -0.2) is 4.98 Å². The lowest BCUT2D eigenvalue weighted by Crippen LogP contribution is -2.09. The molecule has 0 aliphatic carbocycles. The van der Waals surface area contributed by atoms with Gasteiger partial charge in [-0.15, -0.1) is 0 Å². The molecule has 5 rings (SSSR count). The van der Waals surface area contributed by atoms with Crippen molar-refractivity contribution in [3.63, 3.8) is 0 Å². The van der Waals surface area contributed by atoms with E-state index in [0.717, 1.165) is 45.3 Å². The number of rotatable bonds is 5. The quantitative estimate of drug-likeness (QED) is 0.562. The second-order valence-corrected chi connectivity index (χ2v) is 7.08. The summed E-state index contributed by atoms with van der Waals surface area (Å²) in [5, 5.41) is 8.04. The van der Waals surface area contributed by atoms with Gasteiger partial charge in [0.1, 0.15) is 5.82 Å². The van der Waals surface area contributed by atoms with Crippen LogP contribution < -0.4 is 19.7 Å². The van der Waals surface area contributed by atoms with Crippen molar-refractivity contribution in [2.45, 2.75) is 6.54 Å². The molecule has 1 aliphatic heterocycles. The van der Waals surface area contributed by atoms with E-state index in [9.17, 15) is 0 Å². The predicted octanol–water partition coefficient (Wildman–Crippen LogP) is 3.80. The third-order valence-corrected chi connectivity index (χ3v) is 4.99.